The van der Waals surface area contributed by atoms with Gasteiger partial charge in [-0.05, 0) is 6.92 Å². The summed E-state index contributed by atoms with van der Waals surface area (Å²) in [6.45, 7) is 1.23. The van der Waals surface area contributed by atoms with Crippen LogP contribution in [0, 0.1) is 0 Å². The van der Waals surface area contributed by atoms with Crippen molar-refractivity contribution in [2.45, 2.75) is 25.6 Å². The SMILES string of the molecule is CC(=O)N[C@@H]1N(S(=O)(=O)O)C(=O)[C@]1(C)NC(=O)C(=NOCC(=O)O)c1csc(N)n1. The second kappa shape index (κ2) is 8.20. The van der Waals surface area contributed by atoms with Crippen molar-refractivity contribution in [3.63, 3.8) is 0 Å². The van der Waals surface area contributed by atoms with Crippen LogP contribution in [0.1, 0.15) is 19.5 Å². The van der Waals surface area contributed by atoms with E-state index < -0.39 is 58.0 Å². The van der Waals surface area contributed by atoms with Gasteiger partial charge < -0.3 is 26.3 Å². The number of nitrogens with zero attached hydrogens (tertiary/aromatic N) is 3. The molecule has 30 heavy (non-hydrogen) atoms. The van der Waals surface area contributed by atoms with Crippen molar-refractivity contribution in [3.8, 4) is 0 Å². The highest BCUT2D eigenvalue weighted by Crippen LogP contribution is 2.31. The number of hydrogen-bond acceptors (Lipinski definition) is 11. The highest BCUT2D eigenvalue weighted by Gasteiger charge is 2.64. The summed E-state index contributed by atoms with van der Waals surface area (Å²) in [6, 6.07) is 0. The average molecular weight is 464 g/mol. The van der Waals surface area contributed by atoms with Gasteiger partial charge in [-0.25, -0.2) is 9.78 Å². The lowest BCUT2D eigenvalue weighted by Crippen LogP contribution is -2.84. The molecule has 1 aliphatic rings. The van der Waals surface area contributed by atoms with Gasteiger partial charge in [0.15, 0.2) is 22.5 Å². The quantitative estimate of drug-likeness (QED) is 0.117. The van der Waals surface area contributed by atoms with E-state index in [0.29, 0.717) is 0 Å². The molecule has 3 amide bonds. The van der Waals surface area contributed by atoms with Crippen molar-refractivity contribution in [1.82, 2.24) is 19.9 Å². The molecule has 1 aromatic rings. The Kier molecular flexibility index (Phi) is 6.28. The Balaban J connectivity index is 2.35. The minimum absolute atomic E-state index is 0.0206. The van der Waals surface area contributed by atoms with Crippen LogP contribution in [0.2, 0.25) is 0 Å². The summed E-state index contributed by atoms with van der Waals surface area (Å²) in [5, 5.41) is 17.7. The smallest absolute Gasteiger partial charge is 0.364 e. The van der Waals surface area contributed by atoms with Crippen molar-refractivity contribution in [3.05, 3.63) is 11.1 Å². The molecule has 2 heterocycles. The molecule has 0 saturated carbocycles. The van der Waals surface area contributed by atoms with Crippen molar-refractivity contribution in [2.75, 3.05) is 12.3 Å². The van der Waals surface area contributed by atoms with E-state index in [0.717, 1.165) is 25.2 Å². The number of nitrogen functional groups attached to an aromatic ring is 1. The number of anilines is 1. The van der Waals surface area contributed by atoms with Crippen LogP contribution in [0.15, 0.2) is 10.5 Å². The number of thiazole rings is 1. The molecule has 0 aromatic carbocycles. The molecule has 17 heteroatoms. The standard InChI is InChI=1S/C13H16N6O9S2/c1-5(20)15-10-13(2,11(24)19(10)30(25,26)27)17-9(23)8(18-28-3-7(21)22)6-4-29-12(14)16-6/h4,10H,3H2,1-2H3,(H2,14,16)(H,15,20)(H,17,23)(H,21,22)(H,25,26,27)/t10-,13-/m1/s1. The maximum Gasteiger partial charge on any atom is 0.364 e. The van der Waals surface area contributed by atoms with Crippen LogP contribution >= 0.6 is 11.3 Å². The van der Waals surface area contributed by atoms with E-state index in [1.165, 1.54) is 5.38 Å². The van der Waals surface area contributed by atoms with Crippen molar-refractivity contribution >= 4 is 56.2 Å². The third-order valence-corrected chi connectivity index (χ3v) is 5.26. The summed E-state index contributed by atoms with van der Waals surface area (Å²) in [5.74, 6) is -4.51. The molecule has 0 aliphatic carbocycles. The van der Waals surface area contributed by atoms with E-state index in [1.807, 2.05) is 0 Å². The molecule has 0 bridgehead atoms. The number of amides is 3. The molecule has 1 aliphatic heterocycles. The third kappa shape index (κ3) is 4.63. The Morgan fingerprint density at radius 3 is 2.57 bits per heavy atom. The van der Waals surface area contributed by atoms with Gasteiger partial charge in [-0.2, -0.15) is 12.7 Å². The minimum atomic E-state index is -5.04. The highest BCUT2D eigenvalue weighted by atomic mass is 32.2. The number of carbonyl (C=O) groups is 4. The number of nitrogens with two attached hydrogens (primary N) is 1. The van der Waals surface area contributed by atoms with Gasteiger partial charge >= 0.3 is 16.3 Å². The van der Waals surface area contributed by atoms with E-state index in [1.54, 1.807) is 0 Å². The number of carboxylic acids is 1. The Labute approximate surface area is 172 Å². The second-order valence-corrected chi connectivity index (χ2v) is 8.20. The van der Waals surface area contributed by atoms with Crippen LogP contribution in [0.4, 0.5) is 5.13 Å². The zero-order valence-corrected chi connectivity index (χ0v) is 17.0. The zero-order valence-electron chi connectivity index (χ0n) is 15.3. The lowest BCUT2D eigenvalue weighted by Gasteiger charge is -2.51. The number of hydrogen-bond donors (Lipinski definition) is 5. The van der Waals surface area contributed by atoms with E-state index >= 15 is 0 Å². The van der Waals surface area contributed by atoms with Gasteiger partial charge in [-0.1, -0.05) is 5.16 Å². The van der Waals surface area contributed by atoms with Gasteiger partial charge in [-0.3, -0.25) is 18.9 Å². The van der Waals surface area contributed by atoms with Crippen LogP contribution in [-0.4, -0.2) is 75.1 Å². The Morgan fingerprint density at radius 1 is 1.47 bits per heavy atom. The Bertz CT molecular complexity index is 1040. The molecule has 1 saturated heterocycles. The molecular weight excluding hydrogens is 448 g/mol. The molecule has 0 radical (unpaired) electrons. The molecule has 15 nitrogen and oxygen atoms in total. The summed E-state index contributed by atoms with van der Waals surface area (Å²) in [6.07, 6.45) is -1.65. The molecule has 6 N–H and O–H groups in total. The first kappa shape index (κ1) is 23.0. The molecule has 0 spiro atoms. The summed E-state index contributed by atoms with van der Waals surface area (Å²) < 4.78 is 32.0. The van der Waals surface area contributed by atoms with Gasteiger partial charge in [0.2, 0.25) is 12.5 Å². The fourth-order valence-corrected chi connectivity index (χ4v) is 3.91. The minimum Gasteiger partial charge on any atom is -0.479 e. The molecule has 0 unspecified atom stereocenters. The lowest BCUT2D eigenvalue weighted by atomic mass is 9.88. The van der Waals surface area contributed by atoms with E-state index in [4.69, 9.17) is 10.8 Å². The summed E-state index contributed by atoms with van der Waals surface area (Å²) in [5.41, 5.74) is 2.82. The molecule has 1 aromatic heterocycles. The zero-order chi connectivity index (χ0) is 22.9. The predicted octanol–water partition coefficient (Wildman–Crippen LogP) is -2.49. The number of rotatable bonds is 8. The van der Waals surface area contributed by atoms with Gasteiger partial charge in [0.05, 0.1) is 0 Å². The first-order valence-corrected chi connectivity index (χ1v) is 10.1. The van der Waals surface area contributed by atoms with Crippen LogP contribution in [0.25, 0.3) is 0 Å². The van der Waals surface area contributed by atoms with Crippen LogP contribution in [-0.2, 0) is 34.3 Å². The van der Waals surface area contributed by atoms with E-state index in [-0.39, 0.29) is 15.1 Å². The summed E-state index contributed by atoms with van der Waals surface area (Å²) in [4.78, 5) is 55.5. The van der Waals surface area contributed by atoms with Gasteiger partial charge in [-0.15, -0.1) is 11.3 Å². The molecule has 164 valence electrons. The molecule has 2 rings (SSSR count). The fourth-order valence-electron chi connectivity index (χ4n) is 2.43. The second-order valence-electron chi connectivity index (χ2n) is 6.02. The summed E-state index contributed by atoms with van der Waals surface area (Å²) in [7, 11) is -5.04. The van der Waals surface area contributed by atoms with Gasteiger partial charge in [0, 0.05) is 12.3 Å². The van der Waals surface area contributed by atoms with Crippen LogP contribution in [0.3, 0.4) is 0 Å². The highest BCUT2D eigenvalue weighted by molar-refractivity contribution is 7.84. The molecule has 1 fully saturated rings. The average Bonchev–Trinajstić information content (AvgIpc) is 3.02. The van der Waals surface area contributed by atoms with Crippen molar-refractivity contribution in [1.29, 1.82) is 0 Å². The number of carbonyl (C=O) groups excluding carboxylic acids is 3. The largest absolute Gasteiger partial charge is 0.479 e. The Hall–Kier alpha value is -3.31. The monoisotopic (exact) mass is 464 g/mol. The van der Waals surface area contributed by atoms with Crippen LogP contribution in [0.5, 0.6) is 0 Å². The Morgan fingerprint density at radius 2 is 2.10 bits per heavy atom. The maximum atomic E-state index is 12.7. The normalized spacial score (nSPS) is 21.6. The number of β-lactam (4-membered cyclic amide) rings is 1. The molecule has 2 atom stereocenters. The number of aromatic nitrogens is 1. The lowest BCUT2D eigenvalue weighted by molar-refractivity contribution is -0.157. The van der Waals surface area contributed by atoms with Crippen LogP contribution < -0.4 is 16.4 Å². The van der Waals surface area contributed by atoms with Gasteiger partial charge in [0.1, 0.15) is 5.69 Å². The maximum absolute atomic E-state index is 12.7. The van der Waals surface area contributed by atoms with E-state index in [2.05, 4.69) is 25.6 Å². The first-order chi connectivity index (χ1) is 13.8. The topological polar surface area (TPSA) is 231 Å². The third-order valence-electron chi connectivity index (χ3n) is 3.71. The number of carboxylic acid groups (broad SMARTS) is 1. The number of oxime groups is 1. The number of nitrogens with one attached hydrogen (secondary N) is 2. The van der Waals surface area contributed by atoms with Crippen molar-refractivity contribution < 1.29 is 42.1 Å². The van der Waals surface area contributed by atoms with Crippen molar-refractivity contribution in [2.24, 2.45) is 5.16 Å². The molecular formula is C13H16N6O9S2. The van der Waals surface area contributed by atoms with Gasteiger partial charge in [0.25, 0.3) is 11.8 Å². The van der Waals surface area contributed by atoms with E-state index in [9.17, 15) is 32.1 Å². The first-order valence-electron chi connectivity index (χ1n) is 7.81. The number of aliphatic carboxylic acids is 1. The fraction of sp³-hybridized carbons (Fsp3) is 0.385. The summed E-state index contributed by atoms with van der Waals surface area (Å²) >= 11 is 0.930. The predicted molar refractivity (Wildman–Crippen MR) is 99.2 cm³/mol.